The molecule has 0 bridgehead atoms. The molecule has 114 valence electrons. The predicted octanol–water partition coefficient (Wildman–Crippen LogP) is 3.72. The molecule has 0 fully saturated rings. The van der Waals surface area contributed by atoms with Crippen molar-refractivity contribution in [2.75, 3.05) is 6.61 Å². The molecule has 0 spiro atoms. The van der Waals surface area contributed by atoms with Crippen molar-refractivity contribution in [3.63, 3.8) is 0 Å². The lowest BCUT2D eigenvalue weighted by molar-refractivity contribution is 0.317. The smallest absolute Gasteiger partial charge is 0.161 e. The summed E-state index contributed by atoms with van der Waals surface area (Å²) in [6, 6.07) is 5.71. The summed E-state index contributed by atoms with van der Waals surface area (Å²) in [7, 11) is 0. The van der Waals surface area contributed by atoms with Crippen LogP contribution < -0.4 is 10.1 Å². The van der Waals surface area contributed by atoms with Crippen LogP contribution in [0.3, 0.4) is 0 Å². The van der Waals surface area contributed by atoms with Gasteiger partial charge in [0.2, 0.25) is 0 Å². The highest BCUT2D eigenvalue weighted by Crippen LogP contribution is 2.28. The van der Waals surface area contributed by atoms with Gasteiger partial charge in [-0.15, -0.1) is 11.3 Å². The van der Waals surface area contributed by atoms with E-state index in [-0.39, 0.29) is 11.8 Å². The van der Waals surface area contributed by atoms with Crippen LogP contribution in [0.25, 0.3) is 0 Å². The quantitative estimate of drug-likeness (QED) is 0.854. The van der Waals surface area contributed by atoms with Crippen molar-refractivity contribution in [3.8, 4) is 11.5 Å². The van der Waals surface area contributed by atoms with Gasteiger partial charge in [-0.2, -0.15) is 0 Å². The zero-order chi connectivity index (χ0) is 15.4. The Balaban J connectivity index is 2.02. The van der Waals surface area contributed by atoms with Crippen LogP contribution in [0.4, 0.5) is 0 Å². The highest BCUT2D eigenvalue weighted by molar-refractivity contribution is 7.11. The van der Waals surface area contributed by atoms with Crippen LogP contribution in [0, 0.1) is 13.8 Å². The summed E-state index contributed by atoms with van der Waals surface area (Å²) >= 11 is 1.73. The number of nitrogens with one attached hydrogen (secondary N) is 1. The van der Waals surface area contributed by atoms with Gasteiger partial charge in [-0.05, 0) is 45.4 Å². The summed E-state index contributed by atoms with van der Waals surface area (Å²) in [4.78, 5) is 5.74. The second-order valence-corrected chi connectivity index (χ2v) is 6.25. The molecule has 0 aliphatic heterocycles. The number of phenols is 1. The van der Waals surface area contributed by atoms with Crippen molar-refractivity contribution >= 4 is 11.3 Å². The molecule has 0 aliphatic carbocycles. The first-order valence-electron chi connectivity index (χ1n) is 7.13. The van der Waals surface area contributed by atoms with Gasteiger partial charge < -0.3 is 15.2 Å². The number of aromatic hydroxyl groups is 1. The fourth-order valence-electron chi connectivity index (χ4n) is 2.25. The average Bonchev–Trinajstić information content (AvgIpc) is 2.78. The molecule has 2 aromatic rings. The maximum absolute atomic E-state index is 9.71. The number of thiazole rings is 1. The Morgan fingerprint density at radius 2 is 2.14 bits per heavy atom. The minimum absolute atomic E-state index is 0.183. The van der Waals surface area contributed by atoms with E-state index in [2.05, 4.69) is 17.2 Å². The molecule has 4 nitrogen and oxygen atoms in total. The molecule has 21 heavy (non-hydrogen) atoms. The third-order valence-electron chi connectivity index (χ3n) is 3.27. The van der Waals surface area contributed by atoms with Crippen LogP contribution in [0.2, 0.25) is 0 Å². The second kappa shape index (κ2) is 6.91. The molecule has 1 atom stereocenters. The molecule has 1 aromatic carbocycles. The maximum Gasteiger partial charge on any atom is 0.161 e. The molecule has 0 aliphatic rings. The third kappa shape index (κ3) is 3.95. The van der Waals surface area contributed by atoms with Crippen molar-refractivity contribution in [1.82, 2.24) is 10.3 Å². The van der Waals surface area contributed by atoms with Crippen molar-refractivity contribution < 1.29 is 9.84 Å². The molecule has 5 heteroatoms. The fraction of sp³-hybridized carbons (Fsp3) is 0.438. The minimum atomic E-state index is 0.183. The molecule has 1 aromatic heterocycles. The van der Waals surface area contributed by atoms with Gasteiger partial charge in [0, 0.05) is 17.5 Å². The predicted molar refractivity (Wildman–Crippen MR) is 86.1 cm³/mol. The SMILES string of the molecule is CCOc1cc(CNC(C)c2sc(C)nc2C)ccc1O. The molecule has 0 amide bonds. The Hall–Kier alpha value is -1.59. The van der Waals surface area contributed by atoms with E-state index in [1.54, 1.807) is 17.4 Å². The summed E-state index contributed by atoms with van der Waals surface area (Å²) < 4.78 is 5.41. The zero-order valence-corrected chi connectivity index (χ0v) is 13.8. The number of hydrogen-bond acceptors (Lipinski definition) is 5. The normalized spacial score (nSPS) is 12.4. The first kappa shape index (κ1) is 15.8. The fourth-order valence-corrected chi connectivity index (χ4v) is 3.21. The van der Waals surface area contributed by atoms with Gasteiger partial charge in [0.1, 0.15) is 0 Å². The van der Waals surface area contributed by atoms with Crippen molar-refractivity contribution in [3.05, 3.63) is 39.3 Å². The number of benzene rings is 1. The topological polar surface area (TPSA) is 54.4 Å². The second-order valence-electron chi connectivity index (χ2n) is 5.02. The zero-order valence-electron chi connectivity index (χ0n) is 12.9. The van der Waals surface area contributed by atoms with Crippen LogP contribution in [0.5, 0.6) is 11.5 Å². The molecule has 1 heterocycles. The lowest BCUT2D eigenvalue weighted by Crippen LogP contribution is -2.17. The van der Waals surface area contributed by atoms with Gasteiger partial charge in [0.15, 0.2) is 11.5 Å². The van der Waals surface area contributed by atoms with Gasteiger partial charge in [0.25, 0.3) is 0 Å². The highest BCUT2D eigenvalue weighted by atomic mass is 32.1. The van der Waals surface area contributed by atoms with Gasteiger partial charge in [-0.25, -0.2) is 4.98 Å². The summed E-state index contributed by atoms with van der Waals surface area (Å²) in [5, 5.41) is 14.3. The first-order valence-corrected chi connectivity index (χ1v) is 7.95. The lowest BCUT2D eigenvalue weighted by atomic mass is 10.1. The molecule has 2 rings (SSSR count). The number of aromatic nitrogens is 1. The van der Waals surface area contributed by atoms with Gasteiger partial charge in [-0.3, -0.25) is 0 Å². The average molecular weight is 306 g/mol. The summed E-state index contributed by atoms with van der Waals surface area (Å²) in [6.07, 6.45) is 0. The van der Waals surface area contributed by atoms with E-state index < -0.39 is 0 Å². The Kier molecular flexibility index (Phi) is 5.20. The summed E-state index contributed by atoms with van der Waals surface area (Å²) in [6.45, 7) is 9.39. The van der Waals surface area contributed by atoms with E-state index in [1.807, 2.05) is 32.9 Å². The monoisotopic (exact) mass is 306 g/mol. The highest BCUT2D eigenvalue weighted by Gasteiger charge is 2.12. The largest absolute Gasteiger partial charge is 0.504 e. The summed E-state index contributed by atoms with van der Waals surface area (Å²) in [5.74, 6) is 0.719. The molecule has 2 N–H and O–H groups in total. The van der Waals surface area contributed by atoms with Gasteiger partial charge in [-0.1, -0.05) is 6.07 Å². The number of ether oxygens (including phenoxy) is 1. The first-order chi connectivity index (χ1) is 10.0. The number of hydrogen-bond donors (Lipinski definition) is 2. The molecular formula is C16H22N2O2S. The standard InChI is InChI=1S/C16H22N2O2S/c1-5-20-15-8-13(6-7-14(15)19)9-17-10(2)16-11(3)18-12(4)21-16/h6-8,10,17,19H,5,9H2,1-4H3. The molecule has 0 saturated carbocycles. The number of aryl methyl sites for hydroxylation is 2. The number of phenolic OH excluding ortho intramolecular Hbond substituents is 1. The van der Waals surface area contributed by atoms with Gasteiger partial charge in [0.05, 0.1) is 17.3 Å². The molecule has 0 saturated heterocycles. The van der Waals surface area contributed by atoms with Crippen molar-refractivity contribution in [2.24, 2.45) is 0 Å². The number of rotatable bonds is 6. The van der Waals surface area contributed by atoms with E-state index in [0.29, 0.717) is 12.4 Å². The van der Waals surface area contributed by atoms with Crippen LogP contribution in [0.1, 0.15) is 41.0 Å². The van der Waals surface area contributed by atoms with E-state index in [9.17, 15) is 5.11 Å². The van der Waals surface area contributed by atoms with Crippen LogP contribution in [-0.4, -0.2) is 16.7 Å². The Labute approximate surface area is 129 Å². The van der Waals surface area contributed by atoms with Crippen LogP contribution >= 0.6 is 11.3 Å². The Morgan fingerprint density at radius 3 is 2.76 bits per heavy atom. The van der Waals surface area contributed by atoms with Crippen molar-refractivity contribution in [1.29, 1.82) is 0 Å². The van der Waals surface area contributed by atoms with E-state index in [1.165, 1.54) is 4.88 Å². The molecule has 0 radical (unpaired) electrons. The molecular weight excluding hydrogens is 284 g/mol. The number of nitrogens with zero attached hydrogens (tertiary/aromatic N) is 1. The summed E-state index contributed by atoms with van der Waals surface area (Å²) in [5.41, 5.74) is 2.18. The van der Waals surface area contributed by atoms with E-state index in [0.717, 1.165) is 22.8 Å². The van der Waals surface area contributed by atoms with Crippen LogP contribution in [-0.2, 0) is 6.54 Å². The maximum atomic E-state index is 9.71. The molecule has 1 unspecified atom stereocenters. The Bertz CT molecular complexity index is 610. The van der Waals surface area contributed by atoms with Crippen molar-refractivity contribution in [2.45, 2.75) is 40.3 Å². The Morgan fingerprint density at radius 1 is 1.38 bits per heavy atom. The third-order valence-corrected chi connectivity index (χ3v) is 4.52. The van der Waals surface area contributed by atoms with E-state index in [4.69, 9.17) is 4.74 Å². The van der Waals surface area contributed by atoms with Crippen LogP contribution in [0.15, 0.2) is 18.2 Å². The minimum Gasteiger partial charge on any atom is -0.504 e. The van der Waals surface area contributed by atoms with Gasteiger partial charge >= 0.3 is 0 Å². The van der Waals surface area contributed by atoms with E-state index >= 15 is 0 Å². The lowest BCUT2D eigenvalue weighted by Gasteiger charge is -2.14.